The fourth-order valence-electron chi connectivity index (χ4n) is 0.934. The van der Waals surface area contributed by atoms with Crippen LogP contribution in [0.2, 0.25) is 0 Å². The highest BCUT2D eigenvalue weighted by Crippen LogP contribution is 2.11. The average Bonchev–Trinajstić information content (AvgIpc) is 2.08. The Hall–Kier alpha value is -1.44. The maximum absolute atomic E-state index is 5.43. The quantitative estimate of drug-likeness (QED) is 0.765. The van der Waals surface area contributed by atoms with E-state index in [1.54, 1.807) is 0 Å². The summed E-state index contributed by atoms with van der Waals surface area (Å²) in [5, 5.41) is 0. The zero-order valence-electron chi connectivity index (χ0n) is 7.92. The van der Waals surface area contributed by atoms with Gasteiger partial charge in [0.1, 0.15) is 5.75 Å². The highest BCUT2D eigenvalue weighted by Gasteiger charge is 1.92. The van der Waals surface area contributed by atoms with Crippen LogP contribution in [0.1, 0.15) is 12.0 Å². The van der Waals surface area contributed by atoms with E-state index in [-0.39, 0.29) is 0 Å². The first-order valence-electron chi connectivity index (χ1n) is 4.31. The summed E-state index contributed by atoms with van der Waals surface area (Å²) >= 11 is 0. The van der Waals surface area contributed by atoms with Crippen molar-refractivity contribution in [2.75, 3.05) is 6.61 Å². The predicted molar refractivity (Wildman–Crippen MR) is 54.6 cm³/mol. The lowest BCUT2D eigenvalue weighted by atomic mass is 10.2. The third-order valence-corrected chi connectivity index (χ3v) is 1.71. The van der Waals surface area contributed by atoms with Gasteiger partial charge in [0.05, 0.1) is 6.61 Å². The number of hydrogen-bond acceptors (Lipinski definition) is 2. The third-order valence-electron chi connectivity index (χ3n) is 1.71. The molecule has 0 aliphatic heterocycles. The van der Waals surface area contributed by atoms with Crippen molar-refractivity contribution >= 4 is 0 Å². The minimum absolute atomic E-state index is 0.596. The van der Waals surface area contributed by atoms with Crippen molar-refractivity contribution in [2.24, 2.45) is 5.73 Å². The first-order chi connectivity index (χ1) is 6.18. The van der Waals surface area contributed by atoms with Gasteiger partial charge in [-0.15, -0.1) is 0 Å². The molecule has 0 atom stereocenters. The van der Waals surface area contributed by atoms with Gasteiger partial charge in [0.25, 0.3) is 0 Å². The lowest BCUT2D eigenvalue weighted by molar-refractivity contribution is 0.321. The molecule has 0 bridgehead atoms. The molecule has 13 heavy (non-hydrogen) atoms. The number of hydrogen-bond donors (Lipinski definition) is 1. The van der Waals surface area contributed by atoms with Crippen LogP contribution in [-0.2, 0) is 0 Å². The van der Waals surface area contributed by atoms with E-state index < -0.39 is 0 Å². The number of ether oxygens (including phenoxy) is 1. The second-order valence-electron chi connectivity index (χ2n) is 3.07. The van der Waals surface area contributed by atoms with E-state index in [4.69, 9.17) is 10.5 Å². The van der Waals surface area contributed by atoms with E-state index in [0.717, 1.165) is 5.75 Å². The third kappa shape index (κ3) is 3.65. The van der Waals surface area contributed by atoms with Crippen molar-refractivity contribution in [1.82, 2.24) is 0 Å². The summed E-state index contributed by atoms with van der Waals surface area (Å²) in [6.45, 7) is 6.24. The fourth-order valence-corrected chi connectivity index (χ4v) is 0.934. The maximum Gasteiger partial charge on any atom is 0.119 e. The maximum atomic E-state index is 5.43. The molecule has 0 aliphatic carbocycles. The first kappa shape index (κ1) is 9.65. The van der Waals surface area contributed by atoms with Crippen LogP contribution in [-0.4, -0.2) is 6.61 Å². The molecule has 2 heteroatoms. The predicted octanol–water partition coefficient (Wildman–Crippen LogP) is 2.24. The van der Waals surface area contributed by atoms with E-state index >= 15 is 0 Å². The van der Waals surface area contributed by atoms with Gasteiger partial charge in [-0.25, -0.2) is 0 Å². The highest BCUT2D eigenvalue weighted by atomic mass is 16.5. The van der Waals surface area contributed by atoms with Gasteiger partial charge in [0.15, 0.2) is 0 Å². The Morgan fingerprint density at radius 3 is 2.54 bits per heavy atom. The molecular formula is C11H15NO. The normalized spacial score (nSPS) is 9.62. The monoisotopic (exact) mass is 177 g/mol. The van der Waals surface area contributed by atoms with Gasteiger partial charge in [0.2, 0.25) is 0 Å². The van der Waals surface area contributed by atoms with E-state index in [1.807, 2.05) is 31.2 Å². The molecule has 0 aromatic heterocycles. The molecule has 0 saturated carbocycles. The largest absolute Gasteiger partial charge is 0.493 e. The van der Waals surface area contributed by atoms with Gasteiger partial charge in [-0.1, -0.05) is 24.3 Å². The number of nitrogens with two attached hydrogens (primary N) is 1. The Bertz CT molecular complexity index is 277. The van der Waals surface area contributed by atoms with Crippen LogP contribution >= 0.6 is 0 Å². The lowest BCUT2D eigenvalue weighted by Crippen LogP contribution is -2.03. The number of rotatable bonds is 4. The topological polar surface area (TPSA) is 35.2 Å². The zero-order valence-corrected chi connectivity index (χ0v) is 7.92. The van der Waals surface area contributed by atoms with Crippen molar-refractivity contribution < 1.29 is 4.74 Å². The van der Waals surface area contributed by atoms with Crippen LogP contribution in [0.4, 0.5) is 0 Å². The Balaban J connectivity index is 2.37. The van der Waals surface area contributed by atoms with Gasteiger partial charge < -0.3 is 10.5 Å². The van der Waals surface area contributed by atoms with E-state index in [9.17, 15) is 0 Å². The molecule has 2 nitrogen and oxygen atoms in total. The summed E-state index contributed by atoms with van der Waals surface area (Å²) in [7, 11) is 0. The van der Waals surface area contributed by atoms with Crippen molar-refractivity contribution in [3.63, 3.8) is 0 Å². The van der Waals surface area contributed by atoms with E-state index in [2.05, 4.69) is 6.58 Å². The van der Waals surface area contributed by atoms with Crippen LogP contribution < -0.4 is 10.5 Å². The van der Waals surface area contributed by atoms with Crippen molar-refractivity contribution in [3.8, 4) is 5.75 Å². The fraction of sp³-hybridized carbons (Fsp3) is 0.273. The molecule has 0 heterocycles. The minimum Gasteiger partial charge on any atom is -0.493 e. The number of aryl methyl sites for hydroxylation is 1. The summed E-state index contributed by atoms with van der Waals surface area (Å²) < 4.78 is 5.43. The summed E-state index contributed by atoms with van der Waals surface area (Å²) in [6, 6.07) is 7.95. The first-order valence-corrected chi connectivity index (χ1v) is 4.31. The summed E-state index contributed by atoms with van der Waals surface area (Å²) in [6.07, 6.45) is 0.702. The van der Waals surface area contributed by atoms with Crippen molar-refractivity contribution in [2.45, 2.75) is 13.3 Å². The van der Waals surface area contributed by atoms with Gasteiger partial charge in [-0.05, 0) is 19.1 Å². The minimum atomic E-state index is 0.596. The van der Waals surface area contributed by atoms with Crippen LogP contribution in [0, 0.1) is 6.92 Å². The zero-order chi connectivity index (χ0) is 9.68. The molecule has 0 amide bonds. The molecule has 70 valence electrons. The van der Waals surface area contributed by atoms with Crippen LogP contribution in [0.25, 0.3) is 0 Å². The van der Waals surface area contributed by atoms with Gasteiger partial charge in [-0.2, -0.15) is 0 Å². The number of benzene rings is 1. The van der Waals surface area contributed by atoms with Crippen LogP contribution in [0.3, 0.4) is 0 Å². The summed E-state index contributed by atoms with van der Waals surface area (Å²) in [5.41, 5.74) is 7.30. The van der Waals surface area contributed by atoms with Gasteiger partial charge in [0, 0.05) is 12.1 Å². The van der Waals surface area contributed by atoms with Crippen LogP contribution in [0.5, 0.6) is 5.75 Å². The molecule has 1 aromatic rings. The second kappa shape index (κ2) is 4.55. The Morgan fingerprint density at radius 1 is 1.38 bits per heavy atom. The molecule has 0 aliphatic rings. The molecule has 0 spiro atoms. The van der Waals surface area contributed by atoms with E-state index in [0.29, 0.717) is 18.7 Å². The SMILES string of the molecule is C=C(N)CCOc1ccc(C)cc1. The average molecular weight is 177 g/mol. The highest BCUT2D eigenvalue weighted by molar-refractivity contribution is 5.26. The Labute approximate surface area is 79.0 Å². The molecule has 2 N–H and O–H groups in total. The molecule has 1 rings (SSSR count). The molecule has 0 radical (unpaired) electrons. The summed E-state index contributed by atoms with van der Waals surface area (Å²) in [4.78, 5) is 0. The smallest absolute Gasteiger partial charge is 0.119 e. The molecule has 1 aromatic carbocycles. The van der Waals surface area contributed by atoms with Gasteiger partial charge in [-0.3, -0.25) is 0 Å². The van der Waals surface area contributed by atoms with Crippen molar-refractivity contribution in [1.29, 1.82) is 0 Å². The Morgan fingerprint density at radius 2 is 2.00 bits per heavy atom. The standard InChI is InChI=1S/C11H15NO/c1-9-3-5-11(6-4-9)13-8-7-10(2)12/h3-6H,2,7-8,12H2,1H3. The lowest BCUT2D eigenvalue weighted by Gasteiger charge is -2.05. The molecular weight excluding hydrogens is 162 g/mol. The molecule has 0 unspecified atom stereocenters. The van der Waals surface area contributed by atoms with E-state index in [1.165, 1.54) is 5.56 Å². The molecule has 0 fully saturated rings. The molecule has 0 saturated heterocycles. The second-order valence-corrected chi connectivity index (χ2v) is 3.07. The van der Waals surface area contributed by atoms with Gasteiger partial charge >= 0.3 is 0 Å². The Kier molecular flexibility index (Phi) is 3.38. The van der Waals surface area contributed by atoms with Crippen molar-refractivity contribution in [3.05, 3.63) is 42.1 Å². The summed E-state index contributed by atoms with van der Waals surface area (Å²) in [5.74, 6) is 0.881. The van der Waals surface area contributed by atoms with Crippen LogP contribution in [0.15, 0.2) is 36.5 Å².